The molecule has 2 aliphatic heterocycles. The molecule has 176 valence electrons. The number of fused-ring (bicyclic) bond motifs is 1. The van der Waals surface area contributed by atoms with Gasteiger partial charge in [0.05, 0.1) is 43.9 Å². The lowest BCUT2D eigenvalue weighted by Crippen LogP contribution is -2.60. The first kappa shape index (κ1) is 22.8. The van der Waals surface area contributed by atoms with E-state index in [2.05, 4.69) is 5.48 Å². The quantitative estimate of drug-likeness (QED) is 0.621. The molecule has 2 N–H and O–H groups in total. The number of nitrogens with zero attached hydrogens (tertiary/aromatic N) is 1. The molecule has 2 aromatic rings. The zero-order valence-electron chi connectivity index (χ0n) is 18.3. The monoisotopic (exact) mass is 480 g/mol. The number of amides is 2. The molecule has 0 bridgehead atoms. The molecule has 5 atom stereocenters. The van der Waals surface area contributed by atoms with Crippen LogP contribution < -0.4 is 5.48 Å². The number of ether oxygens (including phenoxy) is 1. The molecule has 8 heteroatoms. The van der Waals surface area contributed by atoms with E-state index in [-0.39, 0.29) is 37.6 Å². The molecular formula is C26H25ClN2O5. The van der Waals surface area contributed by atoms with Gasteiger partial charge < -0.3 is 14.7 Å². The van der Waals surface area contributed by atoms with Crippen LogP contribution in [0.5, 0.6) is 0 Å². The smallest absolute Gasteiger partial charge is 0.254 e. The Balaban J connectivity index is 1.51. The van der Waals surface area contributed by atoms with Crippen molar-refractivity contribution in [1.82, 2.24) is 10.4 Å². The van der Waals surface area contributed by atoms with Crippen molar-refractivity contribution in [3.63, 3.8) is 0 Å². The van der Waals surface area contributed by atoms with Crippen LogP contribution in [-0.2, 0) is 21.0 Å². The molecule has 0 saturated carbocycles. The summed E-state index contributed by atoms with van der Waals surface area (Å²) in [7, 11) is 0. The summed E-state index contributed by atoms with van der Waals surface area (Å²) in [6.45, 7) is 0.535. The molecule has 1 saturated heterocycles. The van der Waals surface area contributed by atoms with Crippen molar-refractivity contribution in [1.29, 1.82) is 0 Å². The number of hydrogen-bond donors (Lipinski definition) is 2. The Morgan fingerprint density at radius 3 is 2.62 bits per heavy atom. The third kappa shape index (κ3) is 4.28. The number of carbonyl (C=O) groups is 2. The predicted molar refractivity (Wildman–Crippen MR) is 126 cm³/mol. The number of hydrogen-bond acceptors (Lipinski definition) is 5. The van der Waals surface area contributed by atoms with Crippen molar-refractivity contribution in [2.75, 3.05) is 13.2 Å². The molecule has 1 aliphatic carbocycles. The van der Waals surface area contributed by atoms with E-state index in [1.165, 1.54) is 0 Å². The van der Waals surface area contributed by atoms with E-state index in [1.54, 1.807) is 29.2 Å². The normalized spacial score (nSPS) is 28.1. The second-order valence-corrected chi connectivity index (χ2v) is 9.11. The maximum atomic E-state index is 13.7. The molecule has 7 nitrogen and oxygen atoms in total. The first-order chi connectivity index (χ1) is 16.5. The summed E-state index contributed by atoms with van der Waals surface area (Å²) in [6, 6.07) is 15.4. The Hall–Kier alpha value is -2.97. The number of aliphatic hydroxyl groups excluding tert-OH is 1. The van der Waals surface area contributed by atoms with Crippen molar-refractivity contribution < 1.29 is 24.3 Å². The minimum absolute atomic E-state index is 0.136. The van der Waals surface area contributed by atoms with Crippen molar-refractivity contribution in [3.8, 4) is 0 Å². The fraction of sp³-hybridized carbons (Fsp3) is 0.308. The maximum Gasteiger partial charge on any atom is 0.254 e. The highest BCUT2D eigenvalue weighted by atomic mass is 35.5. The lowest BCUT2D eigenvalue weighted by atomic mass is 9.76. The number of allylic oxidation sites excluding steroid dienone is 2. The Kier molecular flexibility index (Phi) is 6.52. The molecule has 0 aromatic heterocycles. The highest BCUT2D eigenvalue weighted by molar-refractivity contribution is 6.31. The Bertz CT molecular complexity index is 1140. The average molecular weight is 481 g/mol. The minimum atomic E-state index is -0.848. The second kappa shape index (κ2) is 9.72. The van der Waals surface area contributed by atoms with Crippen LogP contribution >= 0.6 is 11.6 Å². The zero-order chi connectivity index (χ0) is 23.7. The van der Waals surface area contributed by atoms with E-state index >= 15 is 0 Å². The lowest BCUT2D eigenvalue weighted by molar-refractivity contribution is -0.138. The van der Waals surface area contributed by atoms with E-state index in [0.29, 0.717) is 16.2 Å². The van der Waals surface area contributed by atoms with Crippen LogP contribution in [-0.4, -0.2) is 53.2 Å². The number of hydroxylamine groups is 1. The van der Waals surface area contributed by atoms with Crippen molar-refractivity contribution in [2.45, 2.75) is 30.7 Å². The molecule has 34 heavy (non-hydrogen) atoms. The fourth-order valence-corrected chi connectivity index (χ4v) is 5.21. The van der Waals surface area contributed by atoms with Gasteiger partial charge in [-0.25, -0.2) is 5.48 Å². The molecule has 5 unspecified atom stereocenters. The topological polar surface area (TPSA) is 88.1 Å². The Morgan fingerprint density at radius 2 is 1.91 bits per heavy atom. The van der Waals surface area contributed by atoms with Gasteiger partial charge in [-0.15, -0.1) is 0 Å². The van der Waals surface area contributed by atoms with Gasteiger partial charge in [-0.2, -0.15) is 0 Å². The second-order valence-electron chi connectivity index (χ2n) is 8.67. The standard InChI is InChI=1S/C26H25ClN2O5/c27-18-11-10-17(12-18)24-23(25(31)28-34-13-16-6-2-1-3-7-16)19-8-4-5-9-20(19)26(32)29(24)21-14-33-15-22(21)30/h1-12,17,21-24,30H,13-15H2,(H,28,31). The fourth-order valence-electron chi connectivity index (χ4n) is 4.99. The highest BCUT2D eigenvalue weighted by Crippen LogP contribution is 2.42. The van der Waals surface area contributed by atoms with Crippen LogP contribution in [0.25, 0.3) is 0 Å². The van der Waals surface area contributed by atoms with Gasteiger partial charge in [0.1, 0.15) is 0 Å². The Morgan fingerprint density at radius 1 is 1.15 bits per heavy atom. The van der Waals surface area contributed by atoms with Crippen LogP contribution in [0, 0.1) is 5.92 Å². The summed E-state index contributed by atoms with van der Waals surface area (Å²) in [5.74, 6) is -1.67. The van der Waals surface area contributed by atoms with Crippen LogP contribution in [0.1, 0.15) is 27.4 Å². The average Bonchev–Trinajstić information content (AvgIpc) is 3.47. The number of halogens is 1. The molecule has 3 aliphatic rings. The summed E-state index contributed by atoms with van der Waals surface area (Å²) < 4.78 is 5.47. The summed E-state index contributed by atoms with van der Waals surface area (Å²) in [5.41, 5.74) is 4.56. The molecule has 2 aromatic carbocycles. The number of benzene rings is 2. The largest absolute Gasteiger partial charge is 0.388 e. The summed E-state index contributed by atoms with van der Waals surface area (Å²) in [4.78, 5) is 34.5. The van der Waals surface area contributed by atoms with Crippen LogP contribution in [0.15, 0.2) is 77.9 Å². The van der Waals surface area contributed by atoms with Crippen LogP contribution in [0.2, 0.25) is 0 Å². The molecule has 0 radical (unpaired) electrons. The summed E-state index contributed by atoms with van der Waals surface area (Å²) in [6.07, 6.45) is 4.62. The number of rotatable bonds is 6. The van der Waals surface area contributed by atoms with Crippen molar-refractivity contribution in [2.24, 2.45) is 5.92 Å². The first-order valence-corrected chi connectivity index (χ1v) is 11.6. The Labute approximate surface area is 202 Å². The van der Waals surface area contributed by atoms with E-state index in [0.717, 1.165) is 5.56 Å². The third-order valence-corrected chi connectivity index (χ3v) is 6.81. The van der Waals surface area contributed by atoms with Crippen LogP contribution in [0.3, 0.4) is 0 Å². The van der Waals surface area contributed by atoms with Gasteiger partial charge in [0.15, 0.2) is 0 Å². The number of aliphatic hydroxyl groups is 1. The van der Waals surface area contributed by atoms with Crippen molar-refractivity contribution >= 4 is 23.4 Å². The van der Waals surface area contributed by atoms with Gasteiger partial charge in [-0.3, -0.25) is 14.4 Å². The predicted octanol–water partition coefficient (Wildman–Crippen LogP) is 2.91. The summed E-state index contributed by atoms with van der Waals surface area (Å²) in [5, 5.41) is 11.1. The van der Waals surface area contributed by atoms with Gasteiger partial charge in [0.25, 0.3) is 11.8 Å². The summed E-state index contributed by atoms with van der Waals surface area (Å²) >= 11 is 6.25. The maximum absolute atomic E-state index is 13.7. The van der Waals surface area contributed by atoms with E-state index in [9.17, 15) is 14.7 Å². The molecule has 2 amide bonds. The van der Waals surface area contributed by atoms with Gasteiger partial charge in [0.2, 0.25) is 0 Å². The number of nitrogens with one attached hydrogen (secondary N) is 1. The molecule has 0 spiro atoms. The first-order valence-electron chi connectivity index (χ1n) is 11.2. The van der Waals surface area contributed by atoms with Gasteiger partial charge in [-0.1, -0.05) is 72.3 Å². The van der Waals surface area contributed by atoms with Gasteiger partial charge >= 0.3 is 0 Å². The highest BCUT2D eigenvalue weighted by Gasteiger charge is 2.51. The molecule has 2 heterocycles. The number of carbonyl (C=O) groups excluding carboxylic acids is 2. The minimum Gasteiger partial charge on any atom is -0.388 e. The molecule has 1 fully saturated rings. The SMILES string of the molecule is O=C(NOCc1ccccc1)C1c2ccccc2C(=O)N(C2COCC2O)C1C1C=CC(Cl)=C1. The van der Waals surface area contributed by atoms with E-state index in [4.69, 9.17) is 21.2 Å². The molecular weight excluding hydrogens is 456 g/mol. The van der Waals surface area contributed by atoms with Gasteiger partial charge in [-0.05, 0) is 23.3 Å². The molecule has 5 rings (SSSR count). The van der Waals surface area contributed by atoms with E-state index < -0.39 is 24.1 Å². The zero-order valence-corrected chi connectivity index (χ0v) is 19.1. The lowest BCUT2D eigenvalue weighted by Gasteiger charge is -2.46. The van der Waals surface area contributed by atoms with E-state index in [1.807, 2.05) is 48.6 Å². The van der Waals surface area contributed by atoms with Crippen molar-refractivity contribution in [3.05, 3.63) is 94.5 Å². The third-order valence-electron chi connectivity index (χ3n) is 6.56. The van der Waals surface area contributed by atoms with Crippen LogP contribution in [0.4, 0.5) is 0 Å². The van der Waals surface area contributed by atoms with Gasteiger partial charge in [0, 0.05) is 16.5 Å².